The zero-order valence-electron chi connectivity index (χ0n) is 48.9. The summed E-state index contributed by atoms with van der Waals surface area (Å²) in [6, 6.07) is 3.13. The van der Waals surface area contributed by atoms with E-state index < -0.39 is 72.4 Å². The molecule has 3 atom stereocenters. The van der Waals surface area contributed by atoms with Crippen molar-refractivity contribution in [3.05, 3.63) is 29.8 Å². The van der Waals surface area contributed by atoms with Crippen molar-refractivity contribution in [2.24, 2.45) is 0 Å². The average molecular weight is 1270 g/mol. The molecular weight excluding hydrogens is 1180 g/mol. The minimum absolute atomic E-state index is 0. The van der Waals surface area contributed by atoms with E-state index in [-0.39, 0.29) is 111 Å². The number of aromatic nitrogens is 3. The Morgan fingerprint density at radius 1 is 0.570 bits per heavy atom. The van der Waals surface area contributed by atoms with Crippen LogP contribution in [0, 0.1) is 0 Å². The third-order valence-corrected chi connectivity index (χ3v) is 14.6. The Morgan fingerprint density at radius 3 is 1.67 bits per heavy atom. The van der Waals surface area contributed by atoms with E-state index >= 15 is 0 Å². The summed E-state index contributed by atoms with van der Waals surface area (Å²) in [6.07, 6.45) is 8.95. The standard InChI is InChI=1S/C55H88N14O16.Ga.3H/c1-63(2)53-60-52(57-40-15-13-14-39(32-40)33-41-34-67(37-48(77)78)25-24-65(35-46(73)74)22-23-66(36-47(75)76)28-31-69(41)38-49(79)80)61-54(62-53)68-29-26-64(27-30-68)21-12-8-6-4-3-5-7-9-17-44(70)56-20-11-10-16-42(50(81)82)58-55(85)59-43(51(83)84)18-19-45(71)72;;;;/h13-15,32,41-43H,3-12,16-31,33-38H2,1-2H3,(H,56,70)(H,71,72)(H,73,74)(H,75,76)(H,77,78)(H,79,80)(H,81,82)(H,83,84)(H2,58,59,85)(H,57,60,61,62);;;;/t41?,42-,43-;;;;/m0..../s1. The van der Waals surface area contributed by atoms with Crippen molar-refractivity contribution >= 4 is 97.0 Å². The van der Waals surface area contributed by atoms with Crippen molar-refractivity contribution in [1.29, 1.82) is 0 Å². The monoisotopic (exact) mass is 1270 g/mol. The molecule has 3 heterocycles. The van der Waals surface area contributed by atoms with E-state index in [0.29, 0.717) is 55.8 Å². The van der Waals surface area contributed by atoms with Crippen LogP contribution >= 0.6 is 0 Å². The molecule has 2 fully saturated rings. The molecule has 480 valence electrons. The number of aliphatic carboxylic acids is 7. The number of anilines is 4. The van der Waals surface area contributed by atoms with Crippen LogP contribution in [0.2, 0.25) is 0 Å². The van der Waals surface area contributed by atoms with Gasteiger partial charge >= 0.3 is 67.6 Å². The molecule has 0 spiro atoms. The fraction of sp³-hybridized carbons (Fsp3) is 0.673. The van der Waals surface area contributed by atoms with E-state index in [2.05, 4.69) is 36.1 Å². The van der Waals surface area contributed by atoms with Crippen LogP contribution in [0.1, 0.15) is 95.5 Å². The Kier molecular flexibility index (Phi) is 33.9. The molecule has 0 aliphatic carbocycles. The van der Waals surface area contributed by atoms with Gasteiger partial charge < -0.3 is 66.8 Å². The first-order valence-corrected chi connectivity index (χ1v) is 29.1. The normalized spacial score (nSPS) is 16.7. The molecule has 11 N–H and O–H groups in total. The van der Waals surface area contributed by atoms with Gasteiger partial charge in [0.15, 0.2) is 0 Å². The van der Waals surface area contributed by atoms with Crippen molar-refractivity contribution in [3.8, 4) is 0 Å². The third-order valence-electron chi connectivity index (χ3n) is 14.6. The second kappa shape index (κ2) is 39.7. The fourth-order valence-electron chi connectivity index (χ4n) is 10.1. The van der Waals surface area contributed by atoms with Gasteiger partial charge in [-0.15, -0.1) is 0 Å². The SMILES string of the molecule is CN(C)c1nc(Nc2cccc(CC3CN(CC(=O)O)CCN(CC(=O)O)CCN(CC(=O)O)CCN3CC(=O)O)c2)nc(N2CCN(CCCCCCCCCCC(=O)NCCCC[C@H](NC(=O)N[C@@H](CCC(=O)O)C(=O)O)C(=O)O)CC2)n1.[GaH3]. The van der Waals surface area contributed by atoms with E-state index in [0.717, 1.165) is 89.7 Å². The van der Waals surface area contributed by atoms with Crippen molar-refractivity contribution in [1.82, 2.24) is 55.4 Å². The molecule has 1 aromatic heterocycles. The van der Waals surface area contributed by atoms with Crippen LogP contribution in [0.15, 0.2) is 24.3 Å². The molecule has 30 nitrogen and oxygen atoms in total. The van der Waals surface area contributed by atoms with Crippen LogP contribution in [0.4, 0.5) is 28.3 Å². The molecule has 2 aliphatic heterocycles. The van der Waals surface area contributed by atoms with Crippen LogP contribution in [-0.4, -0.2) is 292 Å². The van der Waals surface area contributed by atoms with Crippen molar-refractivity contribution in [3.63, 3.8) is 0 Å². The number of nitrogens with one attached hydrogen (secondary N) is 4. The zero-order chi connectivity index (χ0) is 62.3. The number of carboxylic acids is 7. The summed E-state index contributed by atoms with van der Waals surface area (Å²) in [5.74, 6) is -7.10. The number of nitrogens with zero attached hydrogens (tertiary/aromatic N) is 10. The Morgan fingerprint density at radius 2 is 1.10 bits per heavy atom. The number of unbranched alkanes of at least 4 members (excludes halogenated alkanes) is 8. The van der Waals surface area contributed by atoms with Crippen LogP contribution < -0.4 is 31.1 Å². The Balaban J connectivity index is 0.0000194. The number of hydrogen-bond donors (Lipinski definition) is 11. The molecule has 31 heteroatoms. The first kappa shape index (κ1) is 73.4. The van der Waals surface area contributed by atoms with E-state index in [4.69, 9.17) is 15.1 Å². The predicted octanol–water partition coefficient (Wildman–Crippen LogP) is -0.0418. The maximum absolute atomic E-state index is 12.4. The second-order valence-electron chi connectivity index (χ2n) is 21.8. The quantitative estimate of drug-likeness (QED) is 0.0312. The topological polar surface area (TPSA) is 405 Å². The van der Waals surface area contributed by atoms with Gasteiger partial charge in [-0.1, -0.05) is 50.7 Å². The number of rotatable bonds is 37. The molecule has 2 saturated heterocycles. The summed E-state index contributed by atoms with van der Waals surface area (Å²) >= 11 is 0. The number of benzene rings is 1. The molecule has 1 unspecified atom stereocenters. The fourth-order valence-corrected chi connectivity index (χ4v) is 10.1. The average Bonchev–Trinajstić information content (AvgIpc) is 2.00. The summed E-state index contributed by atoms with van der Waals surface area (Å²) in [5.41, 5.74) is 1.45. The van der Waals surface area contributed by atoms with Gasteiger partial charge in [-0.2, -0.15) is 15.0 Å². The number of carboxylic acid groups (broad SMARTS) is 7. The van der Waals surface area contributed by atoms with Crippen LogP contribution in [0.3, 0.4) is 0 Å². The summed E-state index contributed by atoms with van der Waals surface area (Å²) < 4.78 is 0. The third kappa shape index (κ3) is 29.9. The van der Waals surface area contributed by atoms with Gasteiger partial charge in [0.25, 0.3) is 0 Å². The molecule has 0 bridgehead atoms. The number of carbonyl (C=O) groups excluding carboxylic acids is 2. The second-order valence-corrected chi connectivity index (χ2v) is 21.8. The van der Waals surface area contributed by atoms with Gasteiger partial charge in [0.1, 0.15) is 12.1 Å². The van der Waals surface area contributed by atoms with Gasteiger partial charge in [0.05, 0.1) is 26.2 Å². The van der Waals surface area contributed by atoms with Gasteiger partial charge in [0, 0.05) is 117 Å². The number of amides is 3. The summed E-state index contributed by atoms with van der Waals surface area (Å²) in [7, 11) is 3.69. The number of piperazine rings is 1. The van der Waals surface area contributed by atoms with E-state index in [1.807, 2.05) is 38.4 Å². The zero-order valence-corrected chi connectivity index (χ0v) is 48.9. The van der Waals surface area contributed by atoms with Gasteiger partial charge in [0.2, 0.25) is 23.8 Å². The number of hydrogen-bond acceptors (Lipinski definition) is 20. The summed E-state index contributed by atoms with van der Waals surface area (Å²) in [6.45, 7) is 4.31. The molecule has 0 radical (unpaired) electrons. The van der Waals surface area contributed by atoms with E-state index in [1.54, 1.807) is 24.5 Å². The first-order valence-electron chi connectivity index (χ1n) is 29.1. The Labute approximate surface area is 514 Å². The predicted molar refractivity (Wildman–Crippen MR) is 321 cm³/mol. The van der Waals surface area contributed by atoms with E-state index in [1.165, 1.54) is 0 Å². The Hall–Kier alpha value is -6.90. The van der Waals surface area contributed by atoms with Crippen LogP contribution in [0.5, 0.6) is 0 Å². The van der Waals surface area contributed by atoms with Gasteiger partial charge in [-0.05, 0) is 69.2 Å². The van der Waals surface area contributed by atoms with Gasteiger partial charge in [-0.25, -0.2) is 14.4 Å². The summed E-state index contributed by atoms with van der Waals surface area (Å²) in [4.78, 5) is 134. The summed E-state index contributed by atoms with van der Waals surface area (Å²) in [5, 5.41) is 77.2. The molecule has 4 rings (SSSR count). The van der Waals surface area contributed by atoms with Gasteiger partial charge in [-0.3, -0.25) is 53.3 Å². The molecule has 3 amide bonds. The molecule has 86 heavy (non-hydrogen) atoms. The Bertz CT molecular complexity index is 2490. The number of carbonyl (C=O) groups is 9. The maximum atomic E-state index is 12.4. The van der Waals surface area contributed by atoms with Crippen LogP contribution in [0.25, 0.3) is 0 Å². The molecule has 1 aromatic carbocycles. The minimum atomic E-state index is -1.49. The van der Waals surface area contributed by atoms with Crippen molar-refractivity contribution in [2.75, 3.05) is 140 Å². The molecule has 0 saturated carbocycles. The van der Waals surface area contributed by atoms with E-state index in [9.17, 15) is 73.8 Å². The first-order chi connectivity index (χ1) is 40.5. The molecule has 2 aliphatic rings. The van der Waals surface area contributed by atoms with Crippen LogP contribution in [-0.2, 0) is 44.8 Å². The van der Waals surface area contributed by atoms with Crippen molar-refractivity contribution < 1.29 is 78.9 Å². The molecule has 2 aromatic rings. The van der Waals surface area contributed by atoms with Crippen molar-refractivity contribution in [2.45, 2.75) is 114 Å². The number of urea groups is 1. The molecular formula is C55H91GaN14O16.